The highest BCUT2D eigenvalue weighted by Gasteiger charge is 2.24. The molecule has 0 spiro atoms. The molecule has 1 fully saturated rings. The number of piperidine rings is 1. The molecule has 0 amide bonds. The van der Waals surface area contributed by atoms with Crippen LogP contribution in [0.2, 0.25) is 0 Å². The monoisotopic (exact) mass is 244 g/mol. The van der Waals surface area contributed by atoms with Gasteiger partial charge in [0.25, 0.3) is 10.0 Å². The summed E-state index contributed by atoms with van der Waals surface area (Å²) in [6.07, 6.45) is 4.83. The fourth-order valence-corrected chi connectivity index (χ4v) is 3.10. The van der Waals surface area contributed by atoms with Gasteiger partial charge in [0, 0.05) is 25.0 Å². The van der Waals surface area contributed by atoms with E-state index in [1.54, 1.807) is 0 Å². The lowest BCUT2D eigenvalue weighted by Gasteiger charge is -2.29. The Bertz CT molecular complexity index is 428. The van der Waals surface area contributed by atoms with Gasteiger partial charge in [0.1, 0.15) is 0 Å². The summed E-state index contributed by atoms with van der Waals surface area (Å²) in [4.78, 5) is 8.48. The molecule has 16 heavy (non-hydrogen) atoms. The molecule has 2 heterocycles. The Morgan fingerprint density at radius 3 is 3.06 bits per heavy atom. The molecule has 1 aliphatic heterocycles. The molecule has 1 aromatic rings. The Labute approximate surface area is 95.1 Å². The molecule has 0 radical (unpaired) electrons. The first kappa shape index (κ1) is 11.6. The molecule has 1 unspecified atom stereocenters. The highest BCUT2D eigenvalue weighted by atomic mass is 32.2. The first-order valence-electron chi connectivity index (χ1n) is 5.28. The number of nitrogens with zero attached hydrogens (tertiary/aromatic N) is 2. The second-order valence-electron chi connectivity index (χ2n) is 4.12. The first-order chi connectivity index (χ1) is 7.58. The molecule has 2 rings (SSSR count). The SMILES string of the molecule is CN1CCCC(NS(=O)(=O)c2ncc[nH]2)C1. The molecular formula is C9H16N4O2S. The van der Waals surface area contributed by atoms with Crippen molar-refractivity contribution in [1.82, 2.24) is 19.6 Å². The normalized spacial score (nSPS) is 23.4. The maximum Gasteiger partial charge on any atom is 0.274 e. The van der Waals surface area contributed by atoms with E-state index in [-0.39, 0.29) is 11.2 Å². The van der Waals surface area contributed by atoms with Crippen molar-refractivity contribution in [3.8, 4) is 0 Å². The van der Waals surface area contributed by atoms with E-state index in [4.69, 9.17) is 0 Å². The predicted molar refractivity (Wildman–Crippen MR) is 59.4 cm³/mol. The van der Waals surface area contributed by atoms with E-state index in [1.807, 2.05) is 7.05 Å². The summed E-state index contributed by atoms with van der Waals surface area (Å²) in [6, 6.07) is -0.0196. The maximum atomic E-state index is 11.8. The van der Waals surface area contributed by atoms with Crippen LogP contribution in [0, 0.1) is 0 Å². The van der Waals surface area contributed by atoms with Crippen LogP contribution < -0.4 is 4.72 Å². The van der Waals surface area contributed by atoms with Gasteiger partial charge in [-0.25, -0.2) is 18.1 Å². The topological polar surface area (TPSA) is 78.1 Å². The summed E-state index contributed by atoms with van der Waals surface area (Å²) in [5, 5.41) is -0.0132. The first-order valence-corrected chi connectivity index (χ1v) is 6.76. The third-order valence-electron chi connectivity index (χ3n) is 2.67. The summed E-state index contributed by atoms with van der Waals surface area (Å²) >= 11 is 0. The minimum Gasteiger partial charge on any atom is -0.334 e. The van der Waals surface area contributed by atoms with Crippen molar-refractivity contribution >= 4 is 10.0 Å². The van der Waals surface area contributed by atoms with Crippen LogP contribution in [0.15, 0.2) is 17.6 Å². The summed E-state index contributed by atoms with van der Waals surface area (Å²) in [5.74, 6) is 0. The number of sulfonamides is 1. The van der Waals surface area contributed by atoms with E-state index in [9.17, 15) is 8.42 Å². The van der Waals surface area contributed by atoms with E-state index < -0.39 is 10.0 Å². The molecule has 0 aromatic carbocycles. The molecule has 1 atom stereocenters. The van der Waals surface area contributed by atoms with Crippen molar-refractivity contribution < 1.29 is 8.42 Å². The molecule has 7 heteroatoms. The number of aromatic nitrogens is 2. The van der Waals surface area contributed by atoms with Gasteiger partial charge in [-0.2, -0.15) is 0 Å². The molecule has 1 saturated heterocycles. The average Bonchev–Trinajstić information content (AvgIpc) is 2.69. The fraction of sp³-hybridized carbons (Fsp3) is 0.667. The van der Waals surface area contributed by atoms with Crippen molar-refractivity contribution in [2.45, 2.75) is 24.0 Å². The maximum absolute atomic E-state index is 11.8. The number of imidazole rings is 1. The highest BCUT2D eigenvalue weighted by molar-refractivity contribution is 7.89. The van der Waals surface area contributed by atoms with E-state index in [0.717, 1.165) is 25.9 Å². The Hall–Kier alpha value is -0.920. The summed E-state index contributed by atoms with van der Waals surface area (Å²) in [6.45, 7) is 1.78. The van der Waals surface area contributed by atoms with E-state index in [0.29, 0.717) is 0 Å². The highest BCUT2D eigenvalue weighted by Crippen LogP contribution is 2.10. The molecule has 0 bridgehead atoms. The number of rotatable bonds is 3. The van der Waals surface area contributed by atoms with Gasteiger partial charge in [0.15, 0.2) is 0 Å². The van der Waals surface area contributed by atoms with Gasteiger partial charge in [0.05, 0.1) is 0 Å². The number of hydrogen-bond donors (Lipinski definition) is 2. The fourth-order valence-electron chi connectivity index (χ4n) is 1.94. The largest absolute Gasteiger partial charge is 0.334 e. The van der Waals surface area contributed by atoms with Crippen LogP contribution in [-0.2, 0) is 10.0 Å². The number of aromatic amines is 1. The van der Waals surface area contributed by atoms with E-state index in [2.05, 4.69) is 19.6 Å². The average molecular weight is 244 g/mol. The lowest BCUT2D eigenvalue weighted by molar-refractivity contribution is 0.242. The predicted octanol–water partition coefficient (Wildman–Crippen LogP) is -0.218. The quantitative estimate of drug-likeness (QED) is 0.770. The third-order valence-corrected chi connectivity index (χ3v) is 4.05. The molecule has 1 aromatic heterocycles. The van der Waals surface area contributed by atoms with Gasteiger partial charge >= 0.3 is 0 Å². The van der Waals surface area contributed by atoms with Crippen molar-refractivity contribution in [2.24, 2.45) is 0 Å². The Morgan fingerprint density at radius 2 is 2.44 bits per heavy atom. The summed E-state index contributed by atoms with van der Waals surface area (Å²) < 4.78 is 26.4. The van der Waals surface area contributed by atoms with E-state index >= 15 is 0 Å². The minimum absolute atomic E-state index is 0.0132. The molecular weight excluding hydrogens is 228 g/mol. The van der Waals surface area contributed by atoms with Crippen LogP contribution in [0.4, 0.5) is 0 Å². The molecule has 2 N–H and O–H groups in total. The van der Waals surface area contributed by atoms with Crippen molar-refractivity contribution in [3.05, 3.63) is 12.4 Å². The number of nitrogens with one attached hydrogen (secondary N) is 2. The zero-order chi connectivity index (χ0) is 11.6. The molecule has 0 saturated carbocycles. The zero-order valence-corrected chi connectivity index (χ0v) is 10.00. The van der Waals surface area contributed by atoms with Crippen LogP contribution >= 0.6 is 0 Å². The van der Waals surface area contributed by atoms with Crippen LogP contribution in [0.25, 0.3) is 0 Å². The van der Waals surface area contributed by atoms with Gasteiger partial charge in [-0.1, -0.05) is 0 Å². The number of H-pyrrole nitrogens is 1. The summed E-state index contributed by atoms with van der Waals surface area (Å²) in [5.41, 5.74) is 0. The lowest BCUT2D eigenvalue weighted by atomic mass is 10.1. The molecule has 1 aliphatic rings. The van der Waals surface area contributed by atoms with Gasteiger partial charge in [0.2, 0.25) is 5.16 Å². The zero-order valence-electron chi connectivity index (χ0n) is 9.18. The lowest BCUT2D eigenvalue weighted by Crippen LogP contribution is -2.46. The molecule has 6 nitrogen and oxygen atoms in total. The number of likely N-dealkylation sites (N-methyl/N-ethyl adjacent to an activating group) is 1. The van der Waals surface area contributed by atoms with Crippen LogP contribution in [-0.4, -0.2) is 49.5 Å². The van der Waals surface area contributed by atoms with Crippen LogP contribution in [0.1, 0.15) is 12.8 Å². The molecule has 90 valence electrons. The van der Waals surface area contributed by atoms with Gasteiger partial charge in [-0.15, -0.1) is 0 Å². The number of likely N-dealkylation sites (tertiary alicyclic amines) is 1. The second-order valence-corrected chi connectivity index (χ2v) is 5.75. The minimum atomic E-state index is -3.48. The Morgan fingerprint density at radius 1 is 1.62 bits per heavy atom. The van der Waals surface area contributed by atoms with Crippen molar-refractivity contribution in [3.63, 3.8) is 0 Å². The third kappa shape index (κ3) is 2.60. The number of hydrogen-bond acceptors (Lipinski definition) is 4. The van der Waals surface area contributed by atoms with Crippen LogP contribution in [0.5, 0.6) is 0 Å². The smallest absolute Gasteiger partial charge is 0.274 e. The molecule has 0 aliphatic carbocycles. The van der Waals surface area contributed by atoms with Gasteiger partial charge in [-0.05, 0) is 26.4 Å². The standard InChI is InChI=1S/C9H16N4O2S/c1-13-6-2-3-8(7-13)12-16(14,15)9-10-4-5-11-9/h4-5,8,12H,2-3,6-7H2,1H3,(H,10,11). The Balaban J connectivity index is 2.04. The van der Waals surface area contributed by atoms with Gasteiger partial charge in [-0.3, -0.25) is 0 Å². The summed E-state index contributed by atoms with van der Waals surface area (Å²) in [7, 11) is -1.49. The van der Waals surface area contributed by atoms with Gasteiger partial charge < -0.3 is 9.88 Å². The Kier molecular flexibility index (Phi) is 3.27. The van der Waals surface area contributed by atoms with E-state index in [1.165, 1.54) is 12.4 Å². The van der Waals surface area contributed by atoms with Crippen molar-refractivity contribution in [2.75, 3.05) is 20.1 Å². The van der Waals surface area contributed by atoms with Crippen molar-refractivity contribution in [1.29, 1.82) is 0 Å². The van der Waals surface area contributed by atoms with Crippen LogP contribution in [0.3, 0.4) is 0 Å². The second kappa shape index (κ2) is 4.52.